The van der Waals surface area contributed by atoms with Gasteiger partial charge < -0.3 is 2.85 Å². The van der Waals surface area contributed by atoms with E-state index in [1.54, 1.807) is 0 Å². The molecule has 1 aromatic rings. The van der Waals surface area contributed by atoms with Gasteiger partial charge in [0.25, 0.3) is 0 Å². The minimum atomic E-state index is 0. The molecule has 0 aliphatic rings. The molecule has 0 fully saturated rings. The Labute approximate surface area is 102 Å². The van der Waals surface area contributed by atoms with E-state index in [0.29, 0.717) is 0 Å². The van der Waals surface area contributed by atoms with Crippen LogP contribution in [0.2, 0.25) is 0 Å². The van der Waals surface area contributed by atoms with Crippen molar-refractivity contribution in [2.24, 2.45) is 0 Å². The van der Waals surface area contributed by atoms with Crippen LogP contribution in [0.25, 0.3) is 6.08 Å². The number of hydrogen-bond acceptors (Lipinski definition) is 0. The van der Waals surface area contributed by atoms with Crippen molar-refractivity contribution in [3.05, 3.63) is 42.5 Å². The Hall–Kier alpha value is 0.570. The quantitative estimate of drug-likeness (QED) is 0.582. The van der Waals surface area contributed by atoms with Crippen molar-refractivity contribution in [3.63, 3.8) is 0 Å². The normalized spacial score (nSPS) is 6.80. The summed E-state index contributed by atoms with van der Waals surface area (Å²) >= 11 is 0. The first-order valence-electron chi connectivity index (χ1n) is 2.61. The average Bonchev–Trinajstić information content (AvgIpc) is 1.90. The van der Waals surface area contributed by atoms with E-state index in [1.165, 1.54) is 5.56 Å². The second-order valence-electron chi connectivity index (χ2n) is 1.61. The molecule has 0 atom stereocenters. The summed E-state index contributed by atoms with van der Waals surface area (Å²) in [5.74, 6) is 0. The number of rotatable bonds is 1. The predicted octanol–water partition coefficient (Wildman–Crippen LogP) is 2.29. The Morgan fingerprint density at radius 3 is 2.00 bits per heavy atom. The van der Waals surface area contributed by atoms with Crippen LogP contribution in [-0.4, -0.2) is 37.7 Å². The van der Waals surface area contributed by atoms with Gasteiger partial charge in [-0.05, 0) is 5.56 Å². The summed E-state index contributed by atoms with van der Waals surface area (Å²) in [6.45, 7) is 3.63. The fraction of sp³-hybridized carbons (Fsp3) is 0. The van der Waals surface area contributed by atoms with E-state index in [9.17, 15) is 0 Å². The van der Waals surface area contributed by atoms with Crippen LogP contribution in [0.15, 0.2) is 36.9 Å². The minimum Gasteiger partial charge on any atom is -1.00 e. The van der Waals surface area contributed by atoms with Crippen LogP contribution in [0.4, 0.5) is 0 Å². The molecule has 0 bridgehead atoms. The Balaban J connectivity index is -0.0000000800. The zero-order valence-electron chi connectivity index (χ0n) is 7.88. The van der Waals surface area contributed by atoms with Crippen LogP contribution in [0, 0.1) is 0 Å². The van der Waals surface area contributed by atoms with Crippen molar-refractivity contribution in [1.29, 1.82) is 0 Å². The van der Waals surface area contributed by atoms with E-state index < -0.39 is 0 Å². The van der Waals surface area contributed by atoms with Crippen molar-refractivity contribution in [3.8, 4) is 0 Å². The van der Waals surface area contributed by atoms with E-state index in [2.05, 4.69) is 6.58 Å². The van der Waals surface area contributed by atoms with Gasteiger partial charge in [0, 0.05) is 0 Å². The van der Waals surface area contributed by atoms with Crippen LogP contribution in [0.1, 0.15) is 8.42 Å². The first-order chi connectivity index (χ1) is 3.93. The summed E-state index contributed by atoms with van der Waals surface area (Å²) in [6, 6.07) is 10.0. The molecule has 0 amide bonds. The second kappa shape index (κ2) is 7.67. The van der Waals surface area contributed by atoms with Crippen molar-refractivity contribution in [1.82, 2.24) is 0 Å². The number of benzene rings is 1. The van der Waals surface area contributed by atoms with Crippen molar-refractivity contribution in [2.45, 2.75) is 0 Å². The summed E-state index contributed by atoms with van der Waals surface area (Å²) in [4.78, 5) is 0. The summed E-state index contributed by atoms with van der Waals surface area (Å²) < 4.78 is 0. The Kier molecular flexibility index (Phi) is 10.1. The summed E-state index contributed by atoms with van der Waals surface area (Å²) in [7, 11) is 0. The third-order valence-electron chi connectivity index (χ3n) is 1.04. The molecule has 1 rings (SSSR count). The van der Waals surface area contributed by atoms with Gasteiger partial charge >= 0.3 is 37.7 Å². The van der Waals surface area contributed by atoms with Crippen LogP contribution in [0.5, 0.6) is 0 Å². The third-order valence-corrected chi connectivity index (χ3v) is 1.04. The zero-order valence-corrected chi connectivity index (χ0v) is 9.09. The maximum Gasteiger partial charge on any atom is 2.00 e. The number of hydrogen-bond donors (Lipinski definition) is 0. The summed E-state index contributed by atoms with van der Waals surface area (Å²) in [6.07, 6.45) is 1.83. The van der Waals surface area contributed by atoms with Gasteiger partial charge in [-0.15, -0.1) is 0 Å². The fourth-order valence-electron chi connectivity index (χ4n) is 0.589. The SMILES string of the molecule is C=Cc1ccccc1.S.[Ca+2].[H-].[H-]. The van der Waals surface area contributed by atoms with Gasteiger partial charge in [-0.2, -0.15) is 13.5 Å². The third kappa shape index (κ3) is 4.40. The fourth-order valence-corrected chi connectivity index (χ4v) is 0.589. The van der Waals surface area contributed by atoms with Gasteiger partial charge in [-0.25, -0.2) is 0 Å². The minimum absolute atomic E-state index is 0. The second-order valence-corrected chi connectivity index (χ2v) is 1.61. The van der Waals surface area contributed by atoms with E-state index in [1.807, 2.05) is 36.4 Å². The van der Waals surface area contributed by atoms with Gasteiger partial charge in [-0.1, -0.05) is 43.0 Å². The van der Waals surface area contributed by atoms with E-state index >= 15 is 0 Å². The first-order valence-corrected chi connectivity index (χ1v) is 2.61. The zero-order chi connectivity index (χ0) is 5.82. The summed E-state index contributed by atoms with van der Waals surface area (Å²) in [5, 5.41) is 0. The Bertz CT molecular complexity index is 180. The molecule has 0 N–H and O–H groups in total. The predicted molar refractivity (Wildman–Crippen MR) is 54.9 cm³/mol. The van der Waals surface area contributed by atoms with Gasteiger partial charge in [0.2, 0.25) is 0 Å². The van der Waals surface area contributed by atoms with Crippen molar-refractivity contribution < 1.29 is 2.85 Å². The van der Waals surface area contributed by atoms with Gasteiger partial charge in [0.1, 0.15) is 0 Å². The average molecular weight is 180 g/mol. The molecule has 0 radical (unpaired) electrons. The Morgan fingerprint density at radius 2 is 1.70 bits per heavy atom. The molecule has 52 valence electrons. The smallest absolute Gasteiger partial charge is 1.00 e. The standard InChI is InChI=1S/C8H8.Ca.H2S.2H/c1-2-8-6-4-3-5-7-8;;;;/h2-7H,1H2;;1H2;;/q;+2;;2*-1. The Morgan fingerprint density at radius 1 is 1.20 bits per heavy atom. The largest absolute Gasteiger partial charge is 2.00 e. The van der Waals surface area contributed by atoms with Crippen LogP contribution >= 0.6 is 13.5 Å². The van der Waals surface area contributed by atoms with Gasteiger partial charge in [-0.3, -0.25) is 0 Å². The molecule has 0 saturated carbocycles. The molecule has 0 aliphatic heterocycles. The van der Waals surface area contributed by atoms with Crippen molar-refractivity contribution >= 4 is 57.3 Å². The van der Waals surface area contributed by atoms with Gasteiger partial charge in [0.15, 0.2) is 0 Å². The molecule has 10 heavy (non-hydrogen) atoms. The topological polar surface area (TPSA) is 0 Å². The molecule has 0 heterocycles. The van der Waals surface area contributed by atoms with E-state index in [0.717, 1.165) is 0 Å². The molecule has 0 spiro atoms. The monoisotopic (exact) mass is 180 g/mol. The maximum atomic E-state index is 3.63. The molecule has 0 aliphatic carbocycles. The van der Waals surface area contributed by atoms with E-state index in [-0.39, 0.29) is 54.1 Å². The molecular formula is C8H12CaS. The molecule has 2 heteroatoms. The van der Waals surface area contributed by atoms with Crippen LogP contribution in [-0.2, 0) is 0 Å². The maximum absolute atomic E-state index is 3.63. The van der Waals surface area contributed by atoms with Crippen molar-refractivity contribution in [2.75, 3.05) is 0 Å². The van der Waals surface area contributed by atoms with Gasteiger partial charge in [0.05, 0.1) is 0 Å². The summed E-state index contributed by atoms with van der Waals surface area (Å²) in [5.41, 5.74) is 1.17. The molecular weight excluding hydrogens is 168 g/mol. The van der Waals surface area contributed by atoms with E-state index in [4.69, 9.17) is 0 Å². The molecule has 0 saturated heterocycles. The van der Waals surface area contributed by atoms with Crippen LogP contribution in [0.3, 0.4) is 0 Å². The molecule has 0 nitrogen and oxygen atoms in total. The molecule has 1 aromatic carbocycles. The van der Waals surface area contributed by atoms with Crippen LogP contribution < -0.4 is 0 Å². The molecule has 0 unspecified atom stereocenters. The first kappa shape index (κ1) is 13.2. The molecule has 0 aromatic heterocycles.